The number of carbonyl (C=O) groups excluding carboxylic acids is 1. The molecule has 2 atom stereocenters. The number of amides is 1. The number of rotatable bonds is 2. The Kier molecular flexibility index (Phi) is 3.20. The first-order valence-electron chi connectivity index (χ1n) is 6.17. The molecule has 2 heterocycles. The summed E-state index contributed by atoms with van der Waals surface area (Å²) in [6, 6.07) is 0.441. The van der Waals surface area contributed by atoms with Crippen LogP contribution in [0.3, 0.4) is 0 Å². The predicted molar refractivity (Wildman–Crippen MR) is 68.2 cm³/mol. The van der Waals surface area contributed by atoms with Crippen molar-refractivity contribution in [3.05, 3.63) is 11.8 Å². The van der Waals surface area contributed by atoms with Crippen molar-refractivity contribution < 1.29 is 14.0 Å². The lowest BCUT2D eigenvalue weighted by molar-refractivity contribution is 0.102. The standard InChI is InChI=1S/C12H21NO3Si/c1-15-12(14)13-9-5-6-10(13)8-11(7-9)16-17(2,3)4/h7,9-10H,5-6,8H2,1-4H3/t9-,10+/m0/s1. The Bertz CT molecular complexity index is 348. The second-order valence-corrected chi connectivity index (χ2v) is 10.2. The van der Waals surface area contributed by atoms with Crippen molar-refractivity contribution in [2.75, 3.05) is 7.11 Å². The van der Waals surface area contributed by atoms with E-state index < -0.39 is 8.32 Å². The summed E-state index contributed by atoms with van der Waals surface area (Å²) in [7, 11) is -0.0925. The molecule has 0 radical (unpaired) electrons. The summed E-state index contributed by atoms with van der Waals surface area (Å²) < 4.78 is 10.9. The second kappa shape index (κ2) is 4.36. The first-order valence-corrected chi connectivity index (χ1v) is 9.57. The van der Waals surface area contributed by atoms with Gasteiger partial charge in [-0.25, -0.2) is 4.79 Å². The van der Waals surface area contributed by atoms with Crippen molar-refractivity contribution in [2.45, 2.75) is 51.0 Å². The lowest BCUT2D eigenvalue weighted by Gasteiger charge is -2.34. The predicted octanol–water partition coefficient (Wildman–Crippen LogP) is 2.72. The number of carbonyl (C=O) groups is 1. The van der Waals surface area contributed by atoms with Crippen LogP contribution in [-0.2, 0) is 9.16 Å². The van der Waals surface area contributed by atoms with Gasteiger partial charge in [-0.3, -0.25) is 4.90 Å². The average molecular weight is 255 g/mol. The zero-order valence-corrected chi connectivity index (χ0v) is 12.0. The molecule has 1 amide bonds. The molecule has 0 saturated carbocycles. The Morgan fingerprint density at radius 3 is 2.65 bits per heavy atom. The third-order valence-electron chi connectivity index (χ3n) is 3.18. The van der Waals surface area contributed by atoms with E-state index in [2.05, 4.69) is 25.7 Å². The van der Waals surface area contributed by atoms with Gasteiger partial charge in [0.25, 0.3) is 0 Å². The fourth-order valence-corrected chi connectivity index (χ4v) is 3.59. The molecule has 2 rings (SSSR count). The van der Waals surface area contributed by atoms with Crippen LogP contribution in [0.4, 0.5) is 4.79 Å². The normalized spacial score (nSPS) is 27.8. The maximum Gasteiger partial charge on any atom is 0.410 e. The van der Waals surface area contributed by atoms with Gasteiger partial charge in [0.1, 0.15) is 0 Å². The highest BCUT2D eigenvalue weighted by atomic mass is 28.4. The molecule has 0 aromatic heterocycles. The van der Waals surface area contributed by atoms with E-state index in [-0.39, 0.29) is 18.2 Å². The second-order valence-electron chi connectivity index (χ2n) is 5.73. The van der Waals surface area contributed by atoms with Crippen molar-refractivity contribution in [2.24, 2.45) is 0 Å². The molecular weight excluding hydrogens is 234 g/mol. The summed E-state index contributed by atoms with van der Waals surface area (Å²) >= 11 is 0. The number of hydrogen-bond acceptors (Lipinski definition) is 3. The molecule has 0 unspecified atom stereocenters. The zero-order chi connectivity index (χ0) is 12.6. The Balaban J connectivity index is 2.11. The number of nitrogens with zero attached hydrogens (tertiary/aromatic N) is 1. The van der Waals surface area contributed by atoms with E-state index in [0.717, 1.165) is 25.0 Å². The van der Waals surface area contributed by atoms with Crippen molar-refractivity contribution in [1.29, 1.82) is 0 Å². The van der Waals surface area contributed by atoms with Crippen LogP contribution in [0.25, 0.3) is 0 Å². The monoisotopic (exact) mass is 255 g/mol. The molecule has 2 bridgehead atoms. The summed E-state index contributed by atoms with van der Waals surface area (Å²) in [6.07, 6.45) is 4.82. The molecular formula is C12H21NO3Si. The van der Waals surface area contributed by atoms with Gasteiger partial charge in [-0.1, -0.05) is 0 Å². The third kappa shape index (κ3) is 2.65. The van der Waals surface area contributed by atoms with Crippen LogP contribution in [0.1, 0.15) is 19.3 Å². The topological polar surface area (TPSA) is 38.8 Å². The minimum atomic E-state index is -1.54. The average Bonchev–Trinajstić information content (AvgIpc) is 2.47. The van der Waals surface area contributed by atoms with Gasteiger partial charge in [0.15, 0.2) is 0 Å². The Morgan fingerprint density at radius 1 is 1.41 bits per heavy atom. The Hall–Kier alpha value is -0.973. The number of fused-ring (bicyclic) bond motifs is 2. The van der Waals surface area contributed by atoms with Crippen molar-refractivity contribution in [3.8, 4) is 0 Å². The third-order valence-corrected chi connectivity index (χ3v) is 4.06. The van der Waals surface area contributed by atoms with E-state index in [9.17, 15) is 4.79 Å². The van der Waals surface area contributed by atoms with E-state index in [1.807, 2.05) is 4.90 Å². The highest BCUT2D eigenvalue weighted by molar-refractivity contribution is 6.70. The highest BCUT2D eigenvalue weighted by Gasteiger charge is 2.41. The van der Waals surface area contributed by atoms with Gasteiger partial charge in [-0.05, 0) is 38.6 Å². The van der Waals surface area contributed by atoms with Crippen molar-refractivity contribution in [1.82, 2.24) is 4.90 Å². The molecule has 0 aromatic rings. The summed E-state index contributed by atoms with van der Waals surface area (Å²) in [6.45, 7) is 6.55. The van der Waals surface area contributed by atoms with E-state index in [1.165, 1.54) is 7.11 Å². The van der Waals surface area contributed by atoms with Crippen LogP contribution in [0, 0.1) is 0 Å². The first-order chi connectivity index (χ1) is 7.90. The number of ether oxygens (including phenoxy) is 1. The van der Waals surface area contributed by atoms with Crippen molar-refractivity contribution in [3.63, 3.8) is 0 Å². The SMILES string of the molecule is COC(=O)N1[C@@H]2CC[C@H]1C=C(O[Si](C)(C)C)C2. The molecule has 2 aliphatic heterocycles. The van der Waals surface area contributed by atoms with Gasteiger partial charge in [-0.2, -0.15) is 0 Å². The smallest absolute Gasteiger partial charge is 0.410 e. The fourth-order valence-electron chi connectivity index (χ4n) is 2.65. The van der Waals surface area contributed by atoms with E-state index in [0.29, 0.717) is 0 Å². The molecule has 17 heavy (non-hydrogen) atoms. The largest absolute Gasteiger partial charge is 0.547 e. The lowest BCUT2D eigenvalue weighted by atomic mass is 10.1. The van der Waals surface area contributed by atoms with Gasteiger partial charge in [0.2, 0.25) is 8.32 Å². The van der Waals surface area contributed by atoms with Crippen LogP contribution in [0.15, 0.2) is 11.8 Å². The number of hydrogen-bond donors (Lipinski definition) is 0. The van der Waals surface area contributed by atoms with Gasteiger partial charge in [-0.15, -0.1) is 0 Å². The summed E-state index contributed by atoms with van der Waals surface area (Å²) in [5, 5.41) is 0. The minimum Gasteiger partial charge on any atom is -0.547 e. The molecule has 0 N–H and O–H groups in total. The van der Waals surface area contributed by atoms with Gasteiger partial charge < -0.3 is 9.16 Å². The molecule has 0 aliphatic carbocycles. The van der Waals surface area contributed by atoms with Gasteiger partial charge >= 0.3 is 6.09 Å². The highest BCUT2D eigenvalue weighted by Crippen LogP contribution is 2.36. The van der Waals surface area contributed by atoms with E-state index >= 15 is 0 Å². The Labute approximate surface area is 104 Å². The molecule has 4 nitrogen and oxygen atoms in total. The molecule has 96 valence electrons. The molecule has 5 heteroatoms. The maximum absolute atomic E-state index is 11.7. The van der Waals surface area contributed by atoms with Crippen LogP contribution >= 0.6 is 0 Å². The minimum absolute atomic E-state index is 0.174. The Morgan fingerprint density at radius 2 is 2.12 bits per heavy atom. The van der Waals surface area contributed by atoms with E-state index in [1.54, 1.807) is 0 Å². The quantitative estimate of drug-likeness (QED) is 0.712. The van der Waals surface area contributed by atoms with Crippen molar-refractivity contribution >= 4 is 14.4 Å². The summed E-state index contributed by atoms with van der Waals surface area (Å²) in [5.74, 6) is 1.08. The molecule has 1 saturated heterocycles. The molecule has 1 fully saturated rings. The van der Waals surface area contributed by atoms with Crippen LogP contribution in [0.2, 0.25) is 19.6 Å². The first kappa shape index (κ1) is 12.5. The van der Waals surface area contributed by atoms with Gasteiger partial charge in [0.05, 0.1) is 18.9 Å². The fraction of sp³-hybridized carbons (Fsp3) is 0.750. The molecule has 0 spiro atoms. The number of methoxy groups -OCH3 is 1. The molecule has 0 aromatic carbocycles. The lowest BCUT2D eigenvalue weighted by Crippen LogP contribution is -2.44. The maximum atomic E-state index is 11.7. The summed E-state index contributed by atoms with van der Waals surface area (Å²) in [4.78, 5) is 13.5. The van der Waals surface area contributed by atoms with Gasteiger partial charge in [0, 0.05) is 12.5 Å². The zero-order valence-electron chi connectivity index (χ0n) is 11.0. The van der Waals surface area contributed by atoms with Crippen LogP contribution in [0.5, 0.6) is 0 Å². The van der Waals surface area contributed by atoms with E-state index in [4.69, 9.17) is 9.16 Å². The summed E-state index contributed by atoms with van der Waals surface area (Å²) in [5.41, 5.74) is 0. The molecule has 2 aliphatic rings. The van der Waals surface area contributed by atoms with Crippen LogP contribution < -0.4 is 0 Å². The van der Waals surface area contributed by atoms with Crippen LogP contribution in [-0.4, -0.2) is 38.5 Å².